The Balaban J connectivity index is 3.57. The molecular formula is C31H59NO6. The average Bonchev–Trinajstić information content (AvgIpc) is 2.90. The van der Waals surface area contributed by atoms with E-state index in [4.69, 9.17) is 14.2 Å². The van der Waals surface area contributed by atoms with Crippen molar-refractivity contribution in [2.45, 2.75) is 122 Å². The van der Waals surface area contributed by atoms with E-state index >= 15 is 0 Å². The number of likely N-dealkylation sites (N-methyl/N-ethyl adjacent to an activating group) is 1. The molecule has 7 nitrogen and oxygen atoms in total. The van der Waals surface area contributed by atoms with Gasteiger partial charge in [0, 0.05) is 26.1 Å². The minimum atomic E-state index is -0.123. The molecule has 1 unspecified atom stereocenters. The van der Waals surface area contributed by atoms with Gasteiger partial charge in [-0.15, -0.1) is 0 Å². The van der Waals surface area contributed by atoms with Crippen LogP contribution in [0.1, 0.15) is 116 Å². The van der Waals surface area contributed by atoms with Crippen LogP contribution in [-0.2, 0) is 28.5 Å². The molecule has 224 valence electrons. The number of esters is 2. The van der Waals surface area contributed by atoms with Crippen LogP contribution in [0.4, 0.5) is 0 Å². The van der Waals surface area contributed by atoms with Crippen LogP contribution in [0.3, 0.4) is 0 Å². The number of carbonyl (C=O) groups excluding carboxylic acids is 2. The molecular weight excluding hydrogens is 482 g/mol. The van der Waals surface area contributed by atoms with E-state index < -0.39 is 0 Å². The quantitative estimate of drug-likeness (QED) is 0.0607. The summed E-state index contributed by atoms with van der Waals surface area (Å²) >= 11 is 0. The number of methoxy groups -OCH3 is 1. The van der Waals surface area contributed by atoms with Crippen molar-refractivity contribution in [3.63, 3.8) is 0 Å². The molecule has 0 rings (SSSR count). The Hall–Kier alpha value is -1.44. The second kappa shape index (κ2) is 28.6. The third kappa shape index (κ3) is 26.2. The van der Waals surface area contributed by atoms with Gasteiger partial charge in [0.2, 0.25) is 0 Å². The first-order valence-corrected chi connectivity index (χ1v) is 15.2. The maximum atomic E-state index is 11.9. The van der Waals surface area contributed by atoms with Crippen molar-refractivity contribution in [3.8, 4) is 0 Å². The molecule has 38 heavy (non-hydrogen) atoms. The Labute approximate surface area is 234 Å². The van der Waals surface area contributed by atoms with E-state index in [1.54, 1.807) is 0 Å². The molecule has 0 amide bonds. The lowest BCUT2D eigenvalue weighted by atomic mass is 10.1. The van der Waals surface area contributed by atoms with Crippen molar-refractivity contribution in [1.29, 1.82) is 0 Å². The molecule has 7 heteroatoms. The number of ether oxygens (including phenoxy) is 4. The molecule has 0 aliphatic rings. The van der Waals surface area contributed by atoms with E-state index in [0.717, 1.165) is 64.4 Å². The Bertz CT molecular complexity index is 567. The smallest absolute Gasteiger partial charge is 0.306 e. The van der Waals surface area contributed by atoms with Crippen LogP contribution >= 0.6 is 0 Å². The van der Waals surface area contributed by atoms with Crippen LogP contribution in [0.2, 0.25) is 0 Å². The molecule has 0 aromatic rings. The van der Waals surface area contributed by atoms with Crippen molar-refractivity contribution in [2.24, 2.45) is 0 Å². The molecule has 0 bridgehead atoms. The molecule has 0 aliphatic carbocycles. The number of allylic oxidation sites excluding steroid dienone is 1. The monoisotopic (exact) mass is 541 g/mol. The van der Waals surface area contributed by atoms with Crippen molar-refractivity contribution in [2.75, 3.05) is 54.2 Å². The van der Waals surface area contributed by atoms with Gasteiger partial charge in [0.15, 0.2) is 0 Å². The van der Waals surface area contributed by atoms with Crippen LogP contribution in [-0.4, -0.2) is 77.1 Å². The number of unbranched alkanes of at least 4 members (excludes halogenated alkanes) is 12. The third-order valence-electron chi connectivity index (χ3n) is 6.65. The number of hydrogen-bond acceptors (Lipinski definition) is 7. The Morgan fingerprint density at radius 2 is 1.21 bits per heavy atom. The minimum absolute atomic E-state index is 0.110. The second-order valence-electron chi connectivity index (χ2n) is 10.4. The maximum Gasteiger partial charge on any atom is 0.306 e. The summed E-state index contributed by atoms with van der Waals surface area (Å²) in [7, 11) is 5.53. The van der Waals surface area contributed by atoms with Gasteiger partial charge in [-0.1, -0.05) is 76.9 Å². The zero-order valence-corrected chi connectivity index (χ0v) is 25.2. The molecule has 0 aromatic heterocycles. The van der Waals surface area contributed by atoms with Crippen LogP contribution in [0, 0.1) is 0 Å². The summed E-state index contributed by atoms with van der Waals surface area (Å²) in [6, 6.07) is 0.235. The van der Waals surface area contributed by atoms with Gasteiger partial charge in [0.25, 0.3) is 0 Å². The van der Waals surface area contributed by atoms with Gasteiger partial charge in [-0.25, -0.2) is 0 Å². The summed E-state index contributed by atoms with van der Waals surface area (Å²) in [5.41, 5.74) is 0. The lowest BCUT2D eigenvalue weighted by molar-refractivity contribution is -0.142. The fourth-order valence-electron chi connectivity index (χ4n) is 3.98. The highest BCUT2D eigenvalue weighted by Gasteiger charge is 2.12. The number of hydrogen-bond donors (Lipinski definition) is 0. The number of nitrogens with zero attached hydrogens (tertiary/aromatic N) is 1. The highest BCUT2D eigenvalue weighted by molar-refractivity contribution is 5.69. The zero-order valence-electron chi connectivity index (χ0n) is 25.2. The standard InChI is InChI=1S/C31H59NO6/c1-5-6-7-8-9-10-11-15-21-26-38-31(34)23-18-16-20-25-37-28-29(32(2)3)27-36-24-19-14-12-13-17-22-30(33)35-4/h15,21,29H,5-14,16-20,22-28H2,1-4H3/b21-15-. The lowest BCUT2D eigenvalue weighted by Crippen LogP contribution is -2.37. The summed E-state index contributed by atoms with van der Waals surface area (Å²) in [5.74, 6) is -0.233. The minimum Gasteiger partial charge on any atom is -0.469 e. The van der Waals surface area contributed by atoms with E-state index in [1.807, 2.05) is 20.2 Å². The predicted octanol–water partition coefficient (Wildman–Crippen LogP) is 6.87. The van der Waals surface area contributed by atoms with Gasteiger partial charge < -0.3 is 23.8 Å². The molecule has 0 aromatic carbocycles. The topological polar surface area (TPSA) is 74.3 Å². The average molecular weight is 542 g/mol. The van der Waals surface area contributed by atoms with Crippen molar-refractivity contribution in [1.82, 2.24) is 4.90 Å². The molecule has 0 fully saturated rings. The molecule has 0 spiro atoms. The Morgan fingerprint density at radius 1 is 0.684 bits per heavy atom. The molecule has 0 saturated heterocycles. The van der Waals surface area contributed by atoms with Crippen LogP contribution < -0.4 is 0 Å². The second-order valence-corrected chi connectivity index (χ2v) is 10.4. The summed E-state index contributed by atoms with van der Waals surface area (Å²) in [5, 5.41) is 0. The first kappa shape index (κ1) is 36.6. The Kier molecular flexibility index (Phi) is 27.5. The van der Waals surface area contributed by atoms with E-state index in [2.05, 4.69) is 22.6 Å². The SMILES string of the molecule is CCCCCCCC/C=C\COC(=O)CCCCCOCC(COCCCCCCCC(=O)OC)N(C)C. The summed E-state index contributed by atoms with van der Waals surface area (Å²) < 4.78 is 21.7. The van der Waals surface area contributed by atoms with E-state index in [1.165, 1.54) is 45.6 Å². The van der Waals surface area contributed by atoms with Gasteiger partial charge in [-0.05, 0) is 52.6 Å². The van der Waals surface area contributed by atoms with E-state index in [-0.39, 0.29) is 18.0 Å². The van der Waals surface area contributed by atoms with Crippen LogP contribution in [0.15, 0.2) is 12.2 Å². The van der Waals surface area contributed by atoms with Crippen LogP contribution in [0.5, 0.6) is 0 Å². The molecule has 0 N–H and O–H groups in total. The van der Waals surface area contributed by atoms with Gasteiger partial charge in [-0.2, -0.15) is 0 Å². The predicted molar refractivity (Wildman–Crippen MR) is 155 cm³/mol. The van der Waals surface area contributed by atoms with Gasteiger partial charge in [-0.3, -0.25) is 9.59 Å². The van der Waals surface area contributed by atoms with Gasteiger partial charge >= 0.3 is 11.9 Å². The fraction of sp³-hybridized carbons (Fsp3) is 0.871. The van der Waals surface area contributed by atoms with Gasteiger partial charge in [0.05, 0.1) is 26.4 Å². The first-order valence-electron chi connectivity index (χ1n) is 15.2. The lowest BCUT2D eigenvalue weighted by Gasteiger charge is -2.24. The molecule has 0 saturated carbocycles. The molecule has 0 radical (unpaired) electrons. The molecule has 0 heterocycles. The summed E-state index contributed by atoms with van der Waals surface area (Å²) in [6.45, 7) is 5.40. The van der Waals surface area contributed by atoms with Crippen molar-refractivity contribution < 1.29 is 28.5 Å². The molecule has 0 aliphatic heterocycles. The first-order chi connectivity index (χ1) is 18.5. The van der Waals surface area contributed by atoms with Crippen molar-refractivity contribution >= 4 is 11.9 Å². The third-order valence-corrected chi connectivity index (χ3v) is 6.65. The fourth-order valence-corrected chi connectivity index (χ4v) is 3.98. The number of rotatable bonds is 28. The highest BCUT2D eigenvalue weighted by atomic mass is 16.5. The normalized spacial score (nSPS) is 12.3. The van der Waals surface area contributed by atoms with Gasteiger partial charge in [0.1, 0.15) is 6.61 Å². The highest BCUT2D eigenvalue weighted by Crippen LogP contribution is 2.08. The summed E-state index contributed by atoms with van der Waals surface area (Å²) in [6.07, 6.45) is 22.0. The van der Waals surface area contributed by atoms with E-state index in [9.17, 15) is 9.59 Å². The largest absolute Gasteiger partial charge is 0.469 e. The maximum absolute atomic E-state index is 11.9. The van der Waals surface area contributed by atoms with Crippen molar-refractivity contribution in [3.05, 3.63) is 12.2 Å². The number of carbonyl (C=O) groups is 2. The Morgan fingerprint density at radius 3 is 1.82 bits per heavy atom. The van der Waals surface area contributed by atoms with Crippen LogP contribution in [0.25, 0.3) is 0 Å². The zero-order chi connectivity index (χ0) is 28.1. The van der Waals surface area contributed by atoms with E-state index in [0.29, 0.717) is 39.3 Å². The summed E-state index contributed by atoms with van der Waals surface area (Å²) in [4.78, 5) is 25.1. The molecule has 1 atom stereocenters.